The predicted octanol–water partition coefficient (Wildman–Crippen LogP) is 3.89. The van der Waals surface area contributed by atoms with Gasteiger partial charge >= 0.3 is 0 Å². The number of rotatable bonds is 5. The molecule has 0 atom stereocenters. The van der Waals surface area contributed by atoms with Crippen molar-refractivity contribution in [3.63, 3.8) is 0 Å². The Morgan fingerprint density at radius 2 is 1.73 bits per heavy atom. The smallest absolute Gasteiger partial charge is 0.126 e. The Hall–Kier alpha value is -0.820. The van der Waals surface area contributed by atoms with Crippen LogP contribution in [0.15, 0.2) is 24.3 Å². The van der Waals surface area contributed by atoms with Gasteiger partial charge in [-0.1, -0.05) is 37.6 Å². The monoisotopic (exact) mass is 224 g/mol. The van der Waals surface area contributed by atoms with Crippen molar-refractivity contribution in [1.82, 2.24) is 0 Å². The minimum Gasteiger partial charge on any atom is -0.303 e. The fourth-order valence-corrected chi connectivity index (χ4v) is 1.84. The molecule has 0 aromatic heterocycles. The van der Waals surface area contributed by atoms with Crippen molar-refractivity contribution in [2.75, 3.05) is 0 Å². The summed E-state index contributed by atoms with van der Waals surface area (Å²) in [7, 11) is 0. The topological polar surface area (TPSA) is 17.1 Å². The van der Waals surface area contributed by atoms with Gasteiger partial charge in [0.15, 0.2) is 0 Å². The van der Waals surface area contributed by atoms with Gasteiger partial charge in [0.05, 0.1) is 0 Å². The lowest BCUT2D eigenvalue weighted by Crippen LogP contribution is -2.23. The molecule has 0 N–H and O–H groups in total. The first-order chi connectivity index (χ1) is 7.15. The van der Waals surface area contributed by atoms with E-state index in [1.165, 1.54) is 5.56 Å². The van der Waals surface area contributed by atoms with Crippen LogP contribution >= 0.6 is 11.6 Å². The minimum absolute atomic E-state index is 0.201. The molecule has 0 aliphatic carbocycles. The summed E-state index contributed by atoms with van der Waals surface area (Å²) in [6.45, 7) is 4.13. The molecule has 1 rings (SSSR count). The summed E-state index contributed by atoms with van der Waals surface area (Å²) in [5.41, 5.74) is 0.976. The molecule has 1 aromatic rings. The molecule has 1 nitrogen and oxygen atoms in total. The van der Waals surface area contributed by atoms with Gasteiger partial charge in [-0.3, -0.25) is 0 Å². The number of carbonyl (C=O) groups excluding carboxylic acids is 1. The van der Waals surface area contributed by atoms with E-state index < -0.39 is 0 Å². The molecule has 82 valence electrons. The molecule has 1 aromatic carbocycles. The van der Waals surface area contributed by atoms with Crippen molar-refractivity contribution in [3.05, 3.63) is 34.9 Å². The highest BCUT2D eigenvalue weighted by Gasteiger charge is 2.25. The van der Waals surface area contributed by atoms with Crippen LogP contribution in [0, 0.1) is 5.41 Å². The number of benzene rings is 1. The van der Waals surface area contributed by atoms with Gasteiger partial charge in [-0.05, 0) is 37.0 Å². The largest absolute Gasteiger partial charge is 0.303 e. The van der Waals surface area contributed by atoms with Crippen molar-refractivity contribution >= 4 is 17.9 Å². The Morgan fingerprint density at radius 1 is 1.20 bits per heavy atom. The minimum atomic E-state index is -0.201. The molecule has 2 heteroatoms. The third-order valence-corrected chi connectivity index (χ3v) is 3.38. The highest BCUT2D eigenvalue weighted by Crippen LogP contribution is 2.28. The quantitative estimate of drug-likeness (QED) is 0.694. The normalized spacial score (nSPS) is 11.4. The van der Waals surface area contributed by atoms with Gasteiger partial charge in [0.2, 0.25) is 0 Å². The van der Waals surface area contributed by atoms with Gasteiger partial charge in [0, 0.05) is 10.4 Å². The van der Waals surface area contributed by atoms with Crippen molar-refractivity contribution < 1.29 is 4.79 Å². The molecule has 0 saturated heterocycles. The van der Waals surface area contributed by atoms with Crippen LogP contribution in [0.5, 0.6) is 0 Å². The van der Waals surface area contributed by atoms with Crippen LogP contribution in [-0.4, -0.2) is 6.29 Å². The van der Waals surface area contributed by atoms with Crippen molar-refractivity contribution in [3.8, 4) is 0 Å². The van der Waals surface area contributed by atoms with E-state index in [2.05, 4.69) is 13.8 Å². The molecule has 0 bridgehead atoms. The molecule has 0 spiro atoms. The van der Waals surface area contributed by atoms with E-state index in [-0.39, 0.29) is 5.41 Å². The van der Waals surface area contributed by atoms with Gasteiger partial charge < -0.3 is 4.79 Å². The van der Waals surface area contributed by atoms with Gasteiger partial charge in [-0.15, -0.1) is 0 Å². The third kappa shape index (κ3) is 3.07. The molecule has 0 aliphatic heterocycles. The summed E-state index contributed by atoms with van der Waals surface area (Å²) in [6, 6.07) is 7.73. The lowest BCUT2D eigenvalue weighted by Gasteiger charge is -2.24. The molecule has 0 saturated carbocycles. The maximum Gasteiger partial charge on any atom is 0.126 e. The molecular weight excluding hydrogens is 208 g/mol. The lowest BCUT2D eigenvalue weighted by molar-refractivity contribution is -0.116. The molecule has 0 heterocycles. The van der Waals surface area contributed by atoms with E-state index in [0.29, 0.717) is 0 Å². The molecule has 0 aliphatic rings. The van der Waals surface area contributed by atoms with Crippen LogP contribution < -0.4 is 0 Å². The number of hydrogen-bond acceptors (Lipinski definition) is 1. The second-order valence-electron chi connectivity index (χ2n) is 3.99. The van der Waals surface area contributed by atoms with Gasteiger partial charge in [0.1, 0.15) is 6.29 Å². The molecular formula is C13H17ClO. The molecule has 0 fully saturated rings. The third-order valence-electron chi connectivity index (χ3n) is 3.13. The highest BCUT2D eigenvalue weighted by molar-refractivity contribution is 6.30. The van der Waals surface area contributed by atoms with Crippen LogP contribution in [0.4, 0.5) is 0 Å². The number of carbonyl (C=O) groups is 1. The van der Waals surface area contributed by atoms with E-state index in [0.717, 1.165) is 30.6 Å². The Labute approximate surface area is 96.5 Å². The summed E-state index contributed by atoms with van der Waals surface area (Å²) in [5.74, 6) is 0. The van der Waals surface area contributed by atoms with Gasteiger partial charge in [-0.2, -0.15) is 0 Å². The highest BCUT2D eigenvalue weighted by atomic mass is 35.5. The first-order valence-corrected chi connectivity index (χ1v) is 5.74. The molecule has 0 unspecified atom stereocenters. The second kappa shape index (κ2) is 5.32. The standard InChI is InChI=1S/C13H17ClO/c1-3-13(4-2,10-15)9-11-5-7-12(14)8-6-11/h5-8,10H,3-4,9H2,1-2H3. The fraction of sp³-hybridized carbons (Fsp3) is 0.462. The van der Waals surface area contributed by atoms with Crippen molar-refractivity contribution in [2.24, 2.45) is 5.41 Å². The summed E-state index contributed by atoms with van der Waals surface area (Å²) in [4.78, 5) is 11.1. The molecule has 0 radical (unpaired) electrons. The summed E-state index contributed by atoms with van der Waals surface area (Å²) in [5, 5.41) is 0.739. The zero-order chi connectivity index (χ0) is 11.3. The van der Waals surface area contributed by atoms with Crippen LogP contribution in [0.2, 0.25) is 5.02 Å². The summed E-state index contributed by atoms with van der Waals surface area (Å²) >= 11 is 5.81. The van der Waals surface area contributed by atoms with Gasteiger partial charge in [-0.25, -0.2) is 0 Å². The van der Waals surface area contributed by atoms with E-state index in [1.54, 1.807) is 0 Å². The summed E-state index contributed by atoms with van der Waals surface area (Å²) < 4.78 is 0. The lowest BCUT2D eigenvalue weighted by atomic mass is 9.78. The zero-order valence-corrected chi connectivity index (χ0v) is 10.1. The Bertz CT molecular complexity index is 312. The van der Waals surface area contributed by atoms with E-state index in [4.69, 9.17) is 11.6 Å². The van der Waals surface area contributed by atoms with Crippen LogP contribution in [0.1, 0.15) is 32.3 Å². The Balaban J connectivity index is 2.83. The van der Waals surface area contributed by atoms with Crippen LogP contribution in [0.25, 0.3) is 0 Å². The average molecular weight is 225 g/mol. The van der Waals surface area contributed by atoms with Crippen molar-refractivity contribution in [2.45, 2.75) is 33.1 Å². The molecule has 0 amide bonds. The fourth-order valence-electron chi connectivity index (χ4n) is 1.72. The Kier molecular flexibility index (Phi) is 4.34. The number of halogens is 1. The maximum absolute atomic E-state index is 11.1. The second-order valence-corrected chi connectivity index (χ2v) is 4.43. The predicted molar refractivity (Wildman–Crippen MR) is 64.2 cm³/mol. The SMILES string of the molecule is CCC(C=O)(CC)Cc1ccc(Cl)cc1. The van der Waals surface area contributed by atoms with Gasteiger partial charge in [0.25, 0.3) is 0 Å². The molecule has 15 heavy (non-hydrogen) atoms. The first kappa shape index (κ1) is 12.3. The zero-order valence-electron chi connectivity index (χ0n) is 9.29. The number of hydrogen-bond donors (Lipinski definition) is 0. The van der Waals surface area contributed by atoms with Crippen LogP contribution in [-0.2, 0) is 11.2 Å². The maximum atomic E-state index is 11.1. The first-order valence-electron chi connectivity index (χ1n) is 5.36. The van der Waals surface area contributed by atoms with E-state index >= 15 is 0 Å². The average Bonchev–Trinajstić information content (AvgIpc) is 2.29. The van der Waals surface area contributed by atoms with E-state index in [1.807, 2.05) is 24.3 Å². The summed E-state index contributed by atoms with van der Waals surface area (Å²) in [6.07, 6.45) is 3.67. The number of aldehydes is 1. The van der Waals surface area contributed by atoms with E-state index in [9.17, 15) is 4.79 Å². The van der Waals surface area contributed by atoms with Crippen LogP contribution in [0.3, 0.4) is 0 Å². The van der Waals surface area contributed by atoms with Crippen molar-refractivity contribution in [1.29, 1.82) is 0 Å². The Morgan fingerprint density at radius 3 is 2.13 bits per heavy atom.